The van der Waals surface area contributed by atoms with Gasteiger partial charge in [0, 0.05) is 16.1 Å². The van der Waals surface area contributed by atoms with Crippen molar-refractivity contribution in [3.05, 3.63) is 77.3 Å². The second kappa shape index (κ2) is 7.59. The van der Waals surface area contributed by atoms with E-state index in [9.17, 15) is 9.59 Å². The molecule has 0 spiro atoms. The highest BCUT2D eigenvalue weighted by molar-refractivity contribution is 6.40. The Morgan fingerprint density at radius 1 is 0.920 bits per heavy atom. The van der Waals surface area contributed by atoms with Crippen LogP contribution in [0, 0.1) is 0 Å². The van der Waals surface area contributed by atoms with Gasteiger partial charge in [0.2, 0.25) is 0 Å². The fourth-order valence-electron chi connectivity index (χ4n) is 2.32. The molecule has 0 saturated heterocycles. The maximum absolute atomic E-state index is 12.0. The molecule has 0 heterocycles. The van der Waals surface area contributed by atoms with Crippen LogP contribution in [0.25, 0.3) is 10.8 Å². The van der Waals surface area contributed by atoms with E-state index < -0.39 is 11.8 Å². The number of rotatable bonds is 3. The van der Waals surface area contributed by atoms with Crippen LogP contribution in [0.2, 0.25) is 5.02 Å². The summed E-state index contributed by atoms with van der Waals surface area (Å²) in [6.07, 6.45) is 1.41. The number of hydrazone groups is 1. The number of fused-ring (bicyclic) bond motifs is 1. The van der Waals surface area contributed by atoms with Crippen molar-refractivity contribution < 1.29 is 9.59 Å². The quantitative estimate of drug-likeness (QED) is 0.430. The number of nitrogens with one attached hydrogen (secondary N) is 2. The Morgan fingerprint density at radius 3 is 2.52 bits per heavy atom. The van der Waals surface area contributed by atoms with E-state index in [4.69, 9.17) is 11.6 Å². The first kappa shape index (κ1) is 16.7. The number of anilines is 1. The van der Waals surface area contributed by atoms with Crippen LogP contribution in [0.4, 0.5) is 5.69 Å². The van der Waals surface area contributed by atoms with Gasteiger partial charge in [-0.3, -0.25) is 9.59 Å². The lowest BCUT2D eigenvalue weighted by Gasteiger charge is -2.07. The third kappa shape index (κ3) is 4.22. The van der Waals surface area contributed by atoms with Gasteiger partial charge in [0.15, 0.2) is 0 Å². The van der Waals surface area contributed by atoms with Crippen LogP contribution in [-0.4, -0.2) is 18.0 Å². The summed E-state index contributed by atoms with van der Waals surface area (Å²) in [4.78, 5) is 23.9. The van der Waals surface area contributed by atoms with Crippen LogP contribution < -0.4 is 10.7 Å². The fraction of sp³-hybridized carbons (Fsp3) is 0. The largest absolute Gasteiger partial charge is 0.329 e. The molecule has 25 heavy (non-hydrogen) atoms. The monoisotopic (exact) mass is 351 g/mol. The van der Waals surface area contributed by atoms with Gasteiger partial charge in [0.25, 0.3) is 0 Å². The topological polar surface area (TPSA) is 70.6 Å². The zero-order valence-corrected chi connectivity index (χ0v) is 13.8. The third-order valence-electron chi connectivity index (χ3n) is 3.47. The van der Waals surface area contributed by atoms with E-state index in [-0.39, 0.29) is 0 Å². The Labute approximate surface area is 149 Å². The van der Waals surface area contributed by atoms with Crippen LogP contribution in [0.3, 0.4) is 0 Å². The second-order valence-corrected chi connectivity index (χ2v) is 5.67. The maximum Gasteiger partial charge on any atom is 0.329 e. The molecule has 0 atom stereocenters. The minimum Gasteiger partial charge on any atom is -0.317 e. The van der Waals surface area contributed by atoms with Gasteiger partial charge in [-0.05, 0) is 29.1 Å². The Hall–Kier alpha value is -3.18. The Balaban J connectivity index is 1.65. The van der Waals surface area contributed by atoms with Crippen molar-refractivity contribution in [3.63, 3.8) is 0 Å². The number of hydrogen-bond acceptors (Lipinski definition) is 3. The molecule has 3 aromatic rings. The molecule has 0 aromatic heterocycles. The second-order valence-electron chi connectivity index (χ2n) is 5.23. The van der Waals surface area contributed by atoms with Crippen LogP contribution in [0.1, 0.15) is 5.56 Å². The van der Waals surface area contributed by atoms with Crippen LogP contribution >= 0.6 is 11.6 Å². The summed E-state index contributed by atoms with van der Waals surface area (Å²) in [5, 5.41) is 8.75. The molecule has 0 bridgehead atoms. The van der Waals surface area contributed by atoms with Crippen molar-refractivity contribution in [1.82, 2.24) is 5.43 Å². The highest BCUT2D eigenvalue weighted by Crippen LogP contribution is 2.22. The van der Waals surface area contributed by atoms with E-state index in [2.05, 4.69) is 15.8 Å². The minimum atomic E-state index is -0.855. The van der Waals surface area contributed by atoms with Crippen molar-refractivity contribution in [3.8, 4) is 0 Å². The standard InChI is InChI=1S/C19H14ClN3O2/c20-15-8-3-5-13(11-15)12-21-23-19(25)18(24)22-17-10-4-7-14-6-1-2-9-16(14)17/h1-12H,(H,22,24)(H,23,25). The van der Waals surface area contributed by atoms with Gasteiger partial charge in [-0.15, -0.1) is 0 Å². The molecule has 5 nitrogen and oxygen atoms in total. The lowest BCUT2D eigenvalue weighted by Crippen LogP contribution is -2.32. The summed E-state index contributed by atoms with van der Waals surface area (Å²) >= 11 is 5.86. The maximum atomic E-state index is 12.0. The highest BCUT2D eigenvalue weighted by Gasteiger charge is 2.14. The van der Waals surface area contributed by atoms with Gasteiger partial charge in [-0.1, -0.05) is 60.1 Å². The van der Waals surface area contributed by atoms with E-state index in [0.29, 0.717) is 16.3 Å². The van der Waals surface area contributed by atoms with Gasteiger partial charge < -0.3 is 5.32 Å². The molecule has 124 valence electrons. The van der Waals surface area contributed by atoms with Gasteiger partial charge in [-0.25, -0.2) is 5.43 Å². The van der Waals surface area contributed by atoms with E-state index in [0.717, 1.165) is 10.8 Å². The van der Waals surface area contributed by atoms with Gasteiger partial charge in [0.1, 0.15) is 0 Å². The van der Waals surface area contributed by atoms with Crippen LogP contribution in [0.5, 0.6) is 0 Å². The number of nitrogens with zero attached hydrogens (tertiary/aromatic N) is 1. The zero-order valence-electron chi connectivity index (χ0n) is 13.1. The number of carbonyl (C=O) groups is 2. The number of hydrogen-bond donors (Lipinski definition) is 2. The highest BCUT2D eigenvalue weighted by atomic mass is 35.5. The van der Waals surface area contributed by atoms with Crippen LogP contribution in [0.15, 0.2) is 71.8 Å². The van der Waals surface area contributed by atoms with E-state index in [1.165, 1.54) is 6.21 Å². The minimum absolute atomic E-state index is 0.559. The van der Waals surface area contributed by atoms with E-state index >= 15 is 0 Å². The molecule has 0 unspecified atom stereocenters. The number of amides is 2. The first-order valence-electron chi connectivity index (χ1n) is 7.51. The third-order valence-corrected chi connectivity index (χ3v) is 3.71. The molecule has 2 N–H and O–H groups in total. The number of carbonyl (C=O) groups excluding carboxylic acids is 2. The molecule has 3 rings (SSSR count). The Kier molecular flexibility index (Phi) is 5.06. The van der Waals surface area contributed by atoms with Gasteiger partial charge in [0.05, 0.1) is 6.21 Å². The van der Waals surface area contributed by atoms with E-state index in [1.54, 1.807) is 30.3 Å². The first-order valence-corrected chi connectivity index (χ1v) is 7.89. The Morgan fingerprint density at radius 2 is 1.68 bits per heavy atom. The molecular formula is C19H14ClN3O2. The average molecular weight is 352 g/mol. The summed E-state index contributed by atoms with van der Waals surface area (Å²) in [6.45, 7) is 0. The predicted octanol–water partition coefficient (Wildman–Crippen LogP) is 3.58. The smallest absolute Gasteiger partial charge is 0.317 e. The Bertz CT molecular complexity index is 964. The molecule has 0 fully saturated rings. The molecule has 2 amide bonds. The fourth-order valence-corrected chi connectivity index (χ4v) is 2.52. The van der Waals surface area contributed by atoms with Gasteiger partial charge >= 0.3 is 11.8 Å². The summed E-state index contributed by atoms with van der Waals surface area (Å²) in [5.74, 6) is -1.65. The zero-order chi connectivity index (χ0) is 17.6. The number of benzene rings is 3. The van der Waals surface area contributed by atoms with Crippen molar-refractivity contribution in [2.24, 2.45) is 5.10 Å². The van der Waals surface area contributed by atoms with E-state index in [1.807, 2.05) is 36.4 Å². The van der Waals surface area contributed by atoms with Crippen LogP contribution in [-0.2, 0) is 9.59 Å². The molecular weight excluding hydrogens is 338 g/mol. The molecule has 0 aliphatic carbocycles. The molecule has 0 aliphatic rings. The molecule has 0 radical (unpaired) electrons. The molecule has 6 heteroatoms. The average Bonchev–Trinajstić information content (AvgIpc) is 2.62. The molecule has 0 saturated carbocycles. The van der Waals surface area contributed by atoms with Crippen molar-refractivity contribution in [2.75, 3.05) is 5.32 Å². The van der Waals surface area contributed by atoms with Crippen molar-refractivity contribution >= 4 is 46.1 Å². The summed E-state index contributed by atoms with van der Waals surface area (Å²) in [6, 6.07) is 20.0. The first-order chi connectivity index (χ1) is 12.1. The number of halogens is 1. The van der Waals surface area contributed by atoms with Crippen molar-refractivity contribution in [2.45, 2.75) is 0 Å². The SMILES string of the molecule is O=C(NN=Cc1cccc(Cl)c1)C(=O)Nc1cccc2ccccc12. The van der Waals surface area contributed by atoms with Gasteiger partial charge in [-0.2, -0.15) is 5.10 Å². The predicted molar refractivity (Wildman–Crippen MR) is 99.8 cm³/mol. The summed E-state index contributed by atoms with van der Waals surface area (Å²) < 4.78 is 0. The molecule has 3 aromatic carbocycles. The summed E-state index contributed by atoms with van der Waals surface area (Å²) in [7, 11) is 0. The molecule has 0 aliphatic heterocycles. The lowest BCUT2D eigenvalue weighted by atomic mass is 10.1. The lowest BCUT2D eigenvalue weighted by molar-refractivity contribution is -0.136. The summed E-state index contributed by atoms with van der Waals surface area (Å²) in [5.41, 5.74) is 3.47. The van der Waals surface area contributed by atoms with Crippen molar-refractivity contribution in [1.29, 1.82) is 0 Å². The normalized spacial score (nSPS) is 10.8.